The number of ether oxygens (including phenoxy) is 2. The Morgan fingerprint density at radius 2 is 1.44 bits per heavy atom. The lowest BCUT2D eigenvalue weighted by Gasteiger charge is -2.28. The molecule has 3 unspecified atom stereocenters. The second-order valence-corrected chi connectivity index (χ2v) is 18.1. The number of methoxy groups -OCH3 is 2. The number of benzene rings is 1. The van der Waals surface area contributed by atoms with Gasteiger partial charge in [0, 0.05) is 40.7 Å². The minimum Gasteiger partial charge on any atom is -0.480 e. The Labute approximate surface area is 420 Å². The molecule has 1 aromatic rings. The molecule has 23 heteroatoms. The number of likely N-dealkylation sites (N-methyl/N-ethyl adjacent to an activating group) is 1. The molecule has 0 bridgehead atoms. The van der Waals surface area contributed by atoms with Gasteiger partial charge in [0.2, 0.25) is 35.4 Å². The predicted molar refractivity (Wildman–Crippen MR) is 266 cm³/mol. The van der Waals surface area contributed by atoms with Crippen LogP contribution in [-0.4, -0.2) is 151 Å². The van der Waals surface area contributed by atoms with Crippen LogP contribution in [0.15, 0.2) is 71.4 Å². The molecule has 1 aliphatic heterocycles. The summed E-state index contributed by atoms with van der Waals surface area (Å²) in [5.74, 6) is -12.6. The van der Waals surface area contributed by atoms with E-state index < -0.39 is 132 Å². The molecule has 0 saturated carbocycles. The third kappa shape index (κ3) is 19.9. The van der Waals surface area contributed by atoms with Crippen LogP contribution in [0.1, 0.15) is 79.2 Å². The van der Waals surface area contributed by atoms with Gasteiger partial charge in [-0.1, -0.05) is 88.4 Å². The van der Waals surface area contributed by atoms with E-state index in [9.17, 15) is 53.4 Å². The lowest BCUT2D eigenvalue weighted by atomic mass is 9.96. The van der Waals surface area contributed by atoms with Crippen molar-refractivity contribution in [2.24, 2.45) is 34.2 Å². The Hall–Kier alpha value is -7.14. The van der Waals surface area contributed by atoms with Crippen LogP contribution >= 0.6 is 0 Å². The van der Waals surface area contributed by atoms with E-state index in [0.29, 0.717) is 12.0 Å². The van der Waals surface area contributed by atoms with Crippen LogP contribution in [0.5, 0.6) is 0 Å². The number of nitrogens with zero attached hydrogens (tertiary/aromatic N) is 2. The molecular weight excluding hydrogens is 937 g/mol. The van der Waals surface area contributed by atoms with E-state index in [4.69, 9.17) is 20.9 Å². The van der Waals surface area contributed by atoms with Crippen LogP contribution in [0.3, 0.4) is 0 Å². The van der Waals surface area contributed by atoms with E-state index in [0.717, 1.165) is 10.5 Å². The van der Waals surface area contributed by atoms with Gasteiger partial charge in [0.25, 0.3) is 5.91 Å². The topological polar surface area (TPSA) is 352 Å². The number of amides is 7. The second kappa shape index (κ2) is 29.9. The summed E-state index contributed by atoms with van der Waals surface area (Å²) < 4.78 is 11.6. The molecule has 72 heavy (non-hydrogen) atoms. The van der Waals surface area contributed by atoms with Gasteiger partial charge in [-0.25, -0.2) is 9.59 Å². The Morgan fingerprint density at radius 1 is 0.833 bits per heavy atom. The van der Waals surface area contributed by atoms with E-state index in [1.54, 1.807) is 40.0 Å². The van der Waals surface area contributed by atoms with Gasteiger partial charge in [0.1, 0.15) is 42.0 Å². The lowest BCUT2D eigenvalue weighted by molar-refractivity contribution is -0.146. The fourth-order valence-electron chi connectivity index (χ4n) is 7.37. The summed E-state index contributed by atoms with van der Waals surface area (Å²) in [5.41, 5.74) is 12.2. The fraction of sp³-hybridized carbons (Fsp3) is 0.551. The van der Waals surface area contributed by atoms with Crippen molar-refractivity contribution in [2.45, 2.75) is 129 Å². The standard InChI is InChI=1S/C49H74N10O13/c1-26(2)23-36-46(66)58-40(48(69)70)29(5)42(62)55-34(17-14-22-52-49(50)51)45(65)54-33(19-18-27(3)24-37(71-9)38(72-10)25-32-15-12-11-13-16-32)28(4)41(61)56-35(47(67)68)20-21-39(60)59(8)31(7)44(64)53-30(6)43(63)57-36/h11-13,15-16,18-19,24,26,28-30,33-38,40H,7,14,17,20-23,25H2,1-6,8-10H3,(H,53,64)(H,54,65)(H,55,62)(H,56,61)(H,57,63)(H,58,66)(H,67,68)(H,69,70)(H4,50,51,52)/b19-18+,27-24+/t28-,29-,30+,33?,34?,35+,36-,37-,38-,40?/m0/s1. The van der Waals surface area contributed by atoms with Crippen molar-refractivity contribution in [3.8, 4) is 0 Å². The number of nitrogens with two attached hydrogens (primary N) is 2. The monoisotopic (exact) mass is 1010 g/mol. The molecule has 10 atom stereocenters. The van der Waals surface area contributed by atoms with Gasteiger partial charge in [-0.05, 0) is 51.0 Å². The number of rotatable bonds is 16. The average Bonchev–Trinajstić information content (AvgIpc) is 3.33. The van der Waals surface area contributed by atoms with Crippen molar-refractivity contribution in [3.63, 3.8) is 0 Å². The zero-order chi connectivity index (χ0) is 54.4. The molecule has 1 aromatic carbocycles. The third-order valence-electron chi connectivity index (χ3n) is 11.9. The Balaban J connectivity index is 2.75. The van der Waals surface area contributed by atoms with Gasteiger partial charge in [0.15, 0.2) is 5.96 Å². The maximum atomic E-state index is 14.4. The summed E-state index contributed by atoms with van der Waals surface area (Å²) in [6, 6.07) is 0.728. The molecule has 1 aliphatic rings. The highest BCUT2D eigenvalue weighted by atomic mass is 16.5. The highest BCUT2D eigenvalue weighted by molar-refractivity contribution is 6.00. The van der Waals surface area contributed by atoms with Crippen molar-refractivity contribution >= 4 is 59.2 Å². The number of nitrogens with one attached hydrogen (secondary N) is 6. The van der Waals surface area contributed by atoms with Crippen molar-refractivity contribution in [1.29, 1.82) is 0 Å². The van der Waals surface area contributed by atoms with Crippen LogP contribution in [0.2, 0.25) is 0 Å². The lowest BCUT2D eigenvalue weighted by Crippen LogP contribution is -2.59. The Kier molecular flexibility index (Phi) is 25.3. The first-order chi connectivity index (χ1) is 33.8. The molecule has 1 saturated heterocycles. The maximum absolute atomic E-state index is 14.4. The van der Waals surface area contributed by atoms with E-state index in [1.165, 1.54) is 41.0 Å². The third-order valence-corrected chi connectivity index (χ3v) is 11.9. The smallest absolute Gasteiger partial charge is 0.327 e. The van der Waals surface area contributed by atoms with E-state index in [2.05, 4.69) is 43.5 Å². The molecule has 0 aliphatic carbocycles. The summed E-state index contributed by atoms with van der Waals surface area (Å²) in [5, 5.41) is 35.5. The number of carboxylic acids is 2. The Morgan fingerprint density at radius 3 is 2.01 bits per heavy atom. The van der Waals surface area contributed by atoms with Crippen molar-refractivity contribution in [2.75, 3.05) is 27.8 Å². The van der Waals surface area contributed by atoms with Crippen molar-refractivity contribution in [3.05, 3.63) is 72.0 Å². The van der Waals surface area contributed by atoms with E-state index in [1.807, 2.05) is 30.3 Å². The summed E-state index contributed by atoms with van der Waals surface area (Å²) in [7, 11) is 4.27. The van der Waals surface area contributed by atoms with Crippen molar-refractivity contribution < 1.29 is 62.8 Å². The van der Waals surface area contributed by atoms with Crippen LogP contribution in [-0.2, 0) is 59.0 Å². The van der Waals surface area contributed by atoms with Gasteiger partial charge in [0.05, 0.1) is 24.0 Å². The van der Waals surface area contributed by atoms with Gasteiger partial charge in [-0.3, -0.25) is 38.6 Å². The molecule has 1 heterocycles. The Bertz CT molecular complexity index is 2180. The minimum atomic E-state index is -1.89. The van der Waals surface area contributed by atoms with E-state index >= 15 is 0 Å². The molecule has 0 aromatic heterocycles. The summed E-state index contributed by atoms with van der Waals surface area (Å²) in [6.07, 6.45) is 3.42. The molecule has 2 rings (SSSR count). The number of guanidine groups is 1. The quantitative estimate of drug-likeness (QED) is 0.0343. The molecule has 12 N–H and O–H groups in total. The molecule has 0 radical (unpaired) electrons. The molecule has 1 fully saturated rings. The number of carbonyl (C=O) groups is 9. The first-order valence-corrected chi connectivity index (χ1v) is 23.6. The first kappa shape index (κ1) is 61.0. The number of aliphatic carboxylic acids is 2. The van der Waals surface area contributed by atoms with Crippen LogP contribution < -0.4 is 43.4 Å². The number of allylic oxidation sites excluding steroid dienone is 2. The predicted octanol–water partition coefficient (Wildman–Crippen LogP) is -0.00270. The number of hydrogen-bond acceptors (Lipinski definition) is 12. The van der Waals surface area contributed by atoms with Gasteiger partial charge >= 0.3 is 11.9 Å². The molecule has 7 amide bonds. The normalized spacial score (nSPS) is 25.1. The van der Waals surface area contributed by atoms with Crippen LogP contribution in [0, 0.1) is 17.8 Å². The number of carboxylic acid groups (broad SMARTS) is 2. The number of carbonyl (C=O) groups excluding carboxylic acids is 7. The largest absolute Gasteiger partial charge is 0.480 e. The number of hydrogen-bond donors (Lipinski definition) is 10. The highest BCUT2D eigenvalue weighted by Gasteiger charge is 2.37. The van der Waals surface area contributed by atoms with Gasteiger partial charge in [-0.15, -0.1) is 0 Å². The molecule has 398 valence electrons. The average molecular weight is 1010 g/mol. The first-order valence-electron chi connectivity index (χ1n) is 23.6. The summed E-state index contributed by atoms with van der Waals surface area (Å²) in [4.78, 5) is 126. The zero-order valence-electron chi connectivity index (χ0n) is 42.6. The minimum absolute atomic E-state index is 0.0000892. The molecule has 23 nitrogen and oxygen atoms in total. The highest BCUT2D eigenvalue weighted by Crippen LogP contribution is 2.17. The SMILES string of the molecule is C=C1C(=O)N[C@H](C)C(=O)N[C@@H](CC(C)C)C(=O)NC(C(=O)O)[C@H](C)C(=O)NC(CCCN=C(N)N)C(=O)NC(/C=C/C(C)=C/[C@H](OC)[C@H](Cc2ccccc2)OC)[C@H](C)C(=O)N[C@@H](C(=O)O)CCC(=O)N1C. The van der Waals surface area contributed by atoms with E-state index in [-0.39, 0.29) is 37.7 Å². The van der Waals surface area contributed by atoms with Crippen LogP contribution in [0.25, 0.3) is 0 Å². The summed E-state index contributed by atoms with van der Waals surface area (Å²) in [6.45, 7) is 12.8. The van der Waals surface area contributed by atoms with Crippen LogP contribution in [0.4, 0.5) is 0 Å². The van der Waals surface area contributed by atoms with Gasteiger partial charge in [-0.2, -0.15) is 0 Å². The summed E-state index contributed by atoms with van der Waals surface area (Å²) >= 11 is 0. The molecule has 0 spiro atoms. The zero-order valence-corrected chi connectivity index (χ0v) is 42.6. The van der Waals surface area contributed by atoms with Crippen molar-refractivity contribution in [1.82, 2.24) is 36.8 Å². The number of aliphatic imine (C=N–C) groups is 1. The fourth-order valence-corrected chi connectivity index (χ4v) is 7.37. The maximum Gasteiger partial charge on any atom is 0.327 e. The molecular formula is C49H74N10O13. The second-order valence-electron chi connectivity index (χ2n) is 18.1. The van der Waals surface area contributed by atoms with Gasteiger partial charge < -0.3 is 68.0 Å².